The minimum atomic E-state index is -0.313. The van der Waals surface area contributed by atoms with Gasteiger partial charge in [-0.1, -0.05) is 0 Å². The molecule has 24 heavy (non-hydrogen) atoms. The summed E-state index contributed by atoms with van der Waals surface area (Å²) in [6, 6.07) is 0. The molecule has 8 nitrogen and oxygen atoms in total. The maximum absolute atomic E-state index is 12.3. The number of hydrogen-bond donors (Lipinski definition) is 3. The number of H-pyrrole nitrogens is 1. The smallest absolute Gasteiger partial charge is 0.240 e. The summed E-state index contributed by atoms with van der Waals surface area (Å²) in [6.45, 7) is 2.67. The van der Waals surface area contributed by atoms with Crippen LogP contribution in [0.3, 0.4) is 0 Å². The van der Waals surface area contributed by atoms with Crippen LogP contribution in [-0.2, 0) is 4.79 Å². The van der Waals surface area contributed by atoms with Gasteiger partial charge in [0.15, 0.2) is 11.5 Å². The Morgan fingerprint density at radius 1 is 1.42 bits per heavy atom. The molecule has 1 saturated carbocycles. The minimum absolute atomic E-state index is 0. The fourth-order valence-corrected chi connectivity index (χ4v) is 2.73. The first kappa shape index (κ1) is 20.4. The predicted octanol–water partition coefficient (Wildman–Crippen LogP) is 0.876. The van der Waals surface area contributed by atoms with Gasteiger partial charge < -0.3 is 20.9 Å². The number of nitrogens with one attached hydrogen (secondary N) is 2. The number of anilines is 1. The molecule has 2 aromatic heterocycles. The number of rotatable bonds is 6. The molecule has 2 heterocycles. The van der Waals surface area contributed by atoms with Crippen molar-refractivity contribution >= 4 is 47.7 Å². The molecule has 10 heteroatoms. The number of carbonyl (C=O) groups excluding carboxylic acids is 1. The quantitative estimate of drug-likeness (QED) is 0.690. The molecule has 1 aliphatic rings. The molecular weight excluding hydrogens is 353 g/mol. The molecule has 1 unspecified atom stereocenters. The molecule has 0 radical (unpaired) electrons. The molecule has 1 amide bonds. The average Bonchev–Trinajstić information content (AvgIpc) is 3.25. The highest BCUT2D eigenvalue weighted by molar-refractivity contribution is 5.87. The third-order valence-electron chi connectivity index (χ3n) is 4.27. The van der Waals surface area contributed by atoms with Gasteiger partial charge in [-0.05, 0) is 25.7 Å². The van der Waals surface area contributed by atoms with E-state index in [-0.39, 0.29) is 42.8 Å². The van der Waals surface area contributed by atoms with E-state index in [0.29, 0.717) is 23.9 Å². The van der Waals surface area contributed by atoms with E-state index in [1.807, 2.05) is 14.0 Å². The number of aromatic amines is 1. The van der Waals surface area contributed by atoms with Gasteiger partial charge in [0, 0.05) is 13.6 Å². The SMILES string of the molecule is CN(CC(=O)NC(C)(CN)C1CC1)c1ncnc2nc[nH]c12.Cl.Cl. The monoisotopic (exact) mass is 375 g/mol. The lowest BCUT2D eigenvalue weighted by Gasteiger charge is -2.30. The van der Waals surface area contributed by atoms with Gasteiger partial charge in [0.1, 0.15) is 11.8 Å². The second-order valence-electron chi connectivity index (χ2n) is 6.10. The molecule has 0 aromatic carbocycles. The van der Waals surface area contributed by atoms with Gasteiger partial charge in [-0.3, -0.25) is 4.79 Å². The molecule has 1 aliphatic carbocycles. The number of halogens is 2. The summed E-state index contributed by atoms with van der Waals surface area (Å²) in [4.78, 5) is 29.5. The Morgan fingerprint density at radius 2 is 2.12 bits per heavy atom. The molecule has 1 fully saturated rings. The van der Waals surface area contributed by atoms with Gasteiger partial charge in [0.2, 0.25) is 5.91 Å². The molecule has 0 aliphatic heterocycles. The van der Waals surface area contributed by atoms with Gasteiger partial charge in [-0.15, -0.1) is 24.8 Å². The summed E-state index contributed by atoms with van der Waals surface area (Å²) in [5.74, 6) is 1.08. The maximum atomic E-state index is 12.3. The maximum Gasteiger partial charge on any atom is 0.240 e. The zero-order valence-electron chi connectivity index (χ0n) is 13.7. The molecule has 1 atom stereocenters. The predicted molar refractivity (Wildman–Crippen MR) is 97.8 cm³/mol. The molecule has 0 bridgehead atoms. The molecule has 0 spiro atoms. The first-order valence-corrected chi connectivity index (χ1v) is 7.40. The number of amides is 1. The van der Waals surface area contributed by atoms with Crippen LogP contribution < -0.4 is 16.0 Å². The Labute approximate surface area is 152 Å². The zero-order chi connectivity index (χ0) is 15.7. The van der Waals surface area contributed by atoms with Crippen LogP contribution in [0.15, 0.2) is 12.7 Å². The molecule has 0 saturated heterocycles. The number of likely N-dealkylation sites (N-methyl/N-ethyl adjacent to an activating group) is 1. The van der Waals surface area contributed by atoms with Crippen molar-refractivity contribution in [3.8, 4) is 0 Å². The van der Waals surface area contributed by atoms with E-state index in [9.17, 15) is 4.79 Å². The topological polar surface area (TPSA) is 113 Å². The van der Waals surface area contributed by atoms with Crippen molar-refractivity contribution in [2.24, 2.45) is 11.7 Å². The van der Waals surface area contributed by atoms with Crippen LogP contribution in [0, 0.1) is 5.92 Å². The van der Waals surface area contributed by atoms with Crippen molar-refractivity contribution < 1.29 is 4.79 Å². The lowest BCUT2D eigenvalue weighted by Crippen LogP contribution is -2.55. The summed E-state index contributed by atoms with van der Waals surface area (Å²) in [5, 5.41) is 3.07. The number of fused-ring (bicyclic) bond motifs is 1. The van der Waals surface area contributed by atoms with Gasteiger partial charge in [-0.25, -0.2) is 15.0 Å². The van der Waals surface area contributed by atoms with E-state index in [0.717, 1.165) is 18.4 Å². The number of hydrogen-bond acceptors (Lipinski definition) is 6. The highest BCUT2D eigenvalue weighted by Gasteiger charge is 2.41. The first-order chi connectivity index (χ1) is 10.5. The summed E-state index contributed by atoms with van der Waals surface area (Å²) < 4.78 is 0. The number of aromatic nitrogens is 4. The standard InChI is InChI=1S/C14H21N7O.2ClH/c1-14(6-15,9-3-4-9)20-10(22)5-21(2)13-11-12(17-7-16-11)18-8-19-13;;/h7-9H,3-6,15H2,1-2H3,(H,20,22)(H,16,17,18,19);2*1H. The Morgan fingerprint density at radius 3 is 2.75 bits per heavy atom. The fourth-order valence-electron chi connectivity index (χ4n) is 2.73. The van der Waals surface area contributed by atoms with Crippen molar-refractivity contribution in [1.29, 1.82) is 0 Å². The highest BCUT2D eigenvalue weighted by atomic mass is 35.5. The summed E-state index contributed by atoms with van der Waals surface area (Å²) in [5.41, 5.74) is 6.83. The third-order valence-corrected chi connectivity index (χ3v) is 4.27. The highest BCUT2D eigenvalue weighted by Crippen LogP contribution is 2.38. The number of carbonyl (C=O) groups is 1. The number of nitrogens with zero attached hydrogens (tertiary/aromatic N) is 4. The number of imidazole rings is 1. The largest absolute Gasteiger partial charge is 0.348 e. The van der Waals surface area contributed by atoms with Crippen molar-refractivity contribution in [1.82, 2.24) is 25.3 Å². The normalized spacial score (nSPS) is 15.8. The van der Waals surface area contributed by atoms with E-state index >= 15 is 0 Å². The van der Waals surface area contributed by atoms with Crippen molar-refractivity contribution in [3.05, 3.63) is 12.7 Å². The Bertz CT molecular complexity index is 691. The van der Waals surface area contributed by atoms with Crippen LogP contribution in [0.1, 0.15) is 19.8 Å². The summed E-state index contributed by atoms with van der Waals surface area (Å²) >= 11 is 0. The van der Waals surface area contributed by atoms with E-state index in [2.05, 4.69) is 25.3 Å². The molecule has 134 valence electrons. The van der Waals surface area contributed by atoms with E-state index < -0.39 is 0 Å². The first-order valence-electron chi connectivity index (χ1n) is 7.40. The van der Waals surface area contributed by atoms with E-state index in [1.165, 1.54) is 6.33 Å². The molecule has 3 rings (SSSR count). The zero-order valence-corrected chi connectivity index (χ0v) is 15.3. The number of nitrogens with two attached hydrogens (primary N) is 1. The lowest BCUT2D eigenvalue weighted by molar-refractivity contribution is -0.121. The van der Waals surface area contributed by atoms with Crippen molar-refractivity contribution in [2.45, 2.75) is 25.3 Å². The fraction of sp³-hybridized carbons (Fsp3) is 0.571. The van der Waals surface area contributed by atoms with Crippen LogP contribution in [0.2, 0.25) is 0 Å². The minimum Gasteiger partial charge on any atom is -0.348 e. The lowest BCUT2D eigenvalue weighted by atomic mass is 9.96. The molecule has 2 aromatic rings. The van der Waals surface area contributed by atoms with Crippen LogP contribution in [0.4, 0.5) is 5.82 Å². The Kier molecular flexibility index (Phi) is 6.76. The van der Waals surface area contributed by atoms with Crippen molar-refractivity contribution in [3.63, 3.8) is 0 Å². The van der Waals surface area contributed by atoms with Crippen molar-refractivity contribution in [2.75, 3.05) is 25.0 Å². The van der Waals surface area contributed by atoms with E-state index in [4.69, 9.17) is 5.73 Å². The van der Waals surface area contributed by atoms with E-state index in [1.54, 1.807) is 11.2 Å². The second kappa shape index (κ2) is 7.96. The van der Waals surface area contributed by atoms with Gasteiger partial charge in [0.25, 0.3) is 0 Å². The summed E-state index contributed by atoms with van der Waals surface area (Å²) in [7, 11) is 1.82. The van der Waals surface area contributed by atoms with Crippen LogP contribution >= 0.6 is 24.8 Å². The van der Waals surface area contributed by atoms with Crippen LogP contribution in [-0.4, -0.2) is 51.5 Å². The summed E-state index contributed by atoms with van der Waals surface area (Å²) in [6.07, 6.45) is 5.27. The molecular formula is C14H23Cl2N7O. The van der Waals surface area contributed by atoms with Crippen LogP contribution in [0.25, 0.3) is 11.2 Å². The van der Waals surface area contributed by atoms with Gasteiger partial charge in [-0.2, -0.15) is 0 Å². The average molecular weight is 376 g/mol. The molecule has 4 N–H and O–H groups in total. The third kappa shape index (κ3) is 4.06. The Balaban J connectivity index is 0.00000144. The van der Waals surface area contributed by atoms with Crippen LogP contribution in [0.5, 0.6) is 0 Å². The van der Waals surface area contributed by atoms with Gasteiger partial charge >= 0.3 is 0 Å². The second-order valence-corrected chi connectivity index (χ2v) is 6.10. The van der Waals surface area contributed by atoms with Gasteiger partial charge in [0.05, 0.1) is 18.4 Å². The Hall–Kier alpha value is -1.64.